The van der Waals surface area contributed by atoms with Crippen LogP contribution in [-0.4, -0.2) is 71.0 Å². The maximum atomic E-state index is 13.4. The number of carbonyl (C=O) groups is 5. The lowest BCUT2D eigenvalue weighted by Crippen LogP contribution is -2.60. The van der Waals surface area contributed by atoms with Gasteiger partial charge in [-0.3, -0.25) is 24.0 Å². The molecule has 2 rings (SSSR count). The smallest absolute Gasteiger partial charge is 0.243 e. The Hall–Kier alpha value is -4.29. The second-order valence-corrected chi connectivity index (χ2v) is 10.6. The second kappa shape index (κ2) is 16.2. The van der Waals surface area contributed by atoms with Crippen molar-refractivity contribution < 1.29 is 29.1 Å². The van der Waals surface area contributed by atoms with E-state index in [0.717, 1.165) is 11.1 Å². The van der Waals surface area contributed by atoms with E-state index in [9.17, 15) is 29.1 Å². The van der Waals surface area contributed by atoms with Crippen LogP contribution in [0.15, 0.2) is 60.7 Å². The van der Waals surface area contributed by atoms with Crippen LogP contribution in [0.5, 0.6) is 0 Å². The fourth-order valence-electron chi connectivity index (χ4n) is 4.07. The van der Waals surface area contributed by atoms with Gasteiger partial charge >= 0.3 is 0 Å². The first-order valence-electron chi connectivity index (χ1n) is 13.8. The number of hydrogen-bond acceptors (Lipinski definition) is 7. The lowest BCUT2D eigenvalue weighted by atomic mass is 10.00. The van der Waals surface area contributed by atoms with E-state index >= 15 is 0 Å². The molecular formula is C30H42N6O6. The summed E-state index contributed by atoms with van der Waals surface area (Å²) >= 11 is 0. The van der Waals surface area contributed by atoms with Gasteiger partial charge in [-0.25, -0.2) is 0 Å². The summed E-state index contributed by atoms with van der Waals surface area (Å²) in [6.45, 7) is 6.24. The van der Waals surface area contributed by atoms with Crippen molar-refractivity contribution in [2.24, 2.45) is 17.4 Å². The molecule has 0 saturated heterocycles. The molecule has 12 heteroatoms. The number of hydrogen-bond donors (Lipinski definition) is 7. The molecule has 0 fully saturated rings. The van der Waals surface area contributed by atoms with Gasteiger partial charge in [0.25, 0.3) is 0 Å². The molecule has 0 aromatic heterocycles. The zero-order valence-corrected chi connectivity index (χ0v) is 24.4. The first-order valence-corrected chi connectivity index (χ1v) is 13.8. The molecule has 9 N–H and O–H groups in total. The van der Waals surface area contributed by atoms with Crippen LogP contribution >= 0.6 is 0 Å². The van der Waals surface area contributed by atoms with E-state index in [-0.39, 0.29) is 12.8 Å². The maximum Gasteiger partial charge on any atom is 0.243 e. The average molecular weight is 583 g/mol. The number of nitrogens with one attached hydrogen (secondary N) is 4. The highest BCUT2D eigenvalue weighted by Gasteiger charge is 2.32. The van der Waals surface area contributed by atoms with Gasteiger partial charge in [-0.2, -0.15) is 0 Å². The van der Waals surface area contributed by atoms with Crippen LogP contribution in [0.1, 0.15) is 38.8 Å². The van der Waals surface area contributed by atoms with Crippen molar-refractivity contribution >= 4 is 29.5 Å². The molecule has 0 aliphatic heterocycles. The van der Waals surface area contributed by atoms with Gasteiger partial charge < -0.3 is 37.8 Å². The predicted octanol–water partition coefficient (Wildman–Crippen LogP) is -0.720. The van der Waals surface area contributed by atoms with Crippen LogP contribution in [0.2, 0.25) is 0 Å². The topological polar surface area (TPSA) is 206 Å². The quantitative estimate of drug-likeness (QED) is 0.143. The lowest BCUT2D eigenvalue weighted by Gasteiger charge is -2.27. The van der Waals surface area contributed by atoms with Crippen LogP contribution in [0, 0.1) is 5.92 Å². The molecule has 0 heterocycles. The van der Waals surface area contributed by atoms with Gasteiger partial charge in [0.2, 0.25) is 29.5 Å². The Bertz CT molecular complexity index is 1210. The molecule has 0 saturated carbocycles. The van der Waals surface area contributed by atoms with Crippen molar-refractivity contribution in [3.63, 3.8) is 0 Å². The van der Waals surface area contributed by atoms with Crippen molar-refractivity contribution in [1.29, 1.82) is 0 Å². The van der Waals surface area contributed by atoms with E-state index in [1.54, 1.807) is 62.4 Å². The number of benzene rings is 2. The third-order valence-corrected chi connectivity index (χ3v) is 6.68. The first kappa shape index (κ1) is 33.9. The third kappa shape index (κ3) is 10.6. The van der Waals surface area contributed by atoms with Crippen LogP contribution in [-0.2, 0) is 36.8 Å². The summed E-state index contributed by atoms with van der Waals surface area (Å²) in [5.41, 5.74) is 12.8. The highest BCUT2D eigenvalue weighted by Crippen LogP contribution is 2.08. The van der Waals surface area contributed by atoms with Crippen molar-refractivity contribution in [1.82, 2.24) is 21.3 Å². The van der Waals surface area contributed by atoms with E-state index in [1.165, 1.54) is 13.8 Å². The number of nitrogens with two attached hydrogens (primary N) is 2. The Morgan fingerprint density at radius 1 is 0.667 bits per heavy atom. The van der Waals surface area contributed by atoms with Gasteiger partial charge in [-0.1, -0.05) is 74.5 Å². The standard InChI is InChI=1S/C30H42N6O6/c1-17(2)25(30(42)33-18(3)27(39)34-22(26(32)38)15-20-11-7-5-8-12-20)36-28(40)23(16-21-13-9-6-10-14-21)35-29(41)24(31)19(4)37/h5-14,17-19,22-25,37H,15-16,31H2,1-4H3,(H2,32,38)(H,33,42)(H,34,39)(H,35,41)(H,36,40)/t18-,19+,22-,23-,24-,25-/m0/s1. The second-order valence-electron chi connectivity index (χ2n) is 10.6. The van der Waals surface area contributed by atoms with Gasteiger partial charge in [-0.05, 0) is 30.9 Å². The molecule has 42 heavy (non-hydrogen) atoms. The highest BCUT2D eigenvalue weighted by molar-refractivity contribution is 5.95. The molecule has 5 amide bonds. The molecular weight excluding hydrogens is 540 g/mol. The summed E-state index contributed by atoms with van der Waals surface area (Å²) < 4.78 is 0. The Morgan fingerprint density at radius 2 is 1.14 bits per heavy atom. The number of aliphatic hydroxyl groups excluding tert-OH is 1. The monoisotopic (exact) mass is 582 g/mol. The van der Waals surface area contributed by atoms with Crippen LogP contribution in [0.3, 0.4) is 0 Å². The minimum atomic E-state index is -1.26. The van der Waals surface area contributed by atoms with E-state index in [4.69, 9.17) is 11.5 Å². The highest BCUT2D eigenvalue weighted by atomic mass is 16.3. The van der Waals surface area contributed by atoms with Crippen LogP contribution in [0.4, 0.5) is 0 Å². The summed E-state index contributed by atoms with van der Waals surface area (Å²) in [5, 5.41) is 20.1. The molecule has 0 spiro atoms. The average Bonchev–Trinajstić information content (AvgIpc) is 2.95. The van der Waals surface area contributed by atoms with Gasteiger partial charge in [0.1, 0.15) is 30.2 Å². The first-order chi connectivity index (χ1) is 19.8. The van der Waals surface area contributed by atoms with Gasteiger partial charge in [-0.15, -0.1) is 0 Å². The van der Waals surface area contributed by atoms with Gasteiger partial charge in [0.05, 0.1) is 6.10 Å². The Balaban J connectivity index is 2.11. The molecule has 0 bridgehead atoms. The van der Waals surface area contributed by atoms with Crippen molar-refractivity contribution in [3.8, 4) is 0 Å². The van der Waals surface area contributed by atoms with E-state index in [1.807, 2.05) is 12.1 Å². The molecule has 2 aromatic carbocycles. The van der Waals surface area contributed by atoms with Crippen LogP contribution in [0.25, 0.3) is 0 Å². The van der Waals surface area contributed by atoms with Gasteiger partial charge in [0, 0.05) is 12.8 Å². The summed E-state index contributed by atoms with van der Waals surface area (Å²) in [6, 6.07) is 12.5. The number of primary amides is 1. The van der Waals surface area contributed by atoms with E-state index in [2.05, 4.69) is 21.3 Å². The summed E-state index contributed by atoms with van der Waals surface area (Å²) in [7, 11) is 0. The normalized spacial score (nSPS) is 15.3. The van der Waals surface area contributed by atoms with Crippen LogP contribution < -0.4 is 32.7 Å². The minimum Gasteiger partial charge on any atom is -0.391 e. The molecule has 0 aliphatic rings. The Morgan fingerprint density at radius 3 is 1.60 bits per heavy atom. The zero-order chi connectivity index (χ0) is 31.4. The largest absolute Gasteiger partial charge is 0.391 e. The minimum absolute atomic E-state index is 0.103. The number of rotatable bonds is 15. The van der Waals surface area contributed by atoms with Crippen molar-refractivity contribution in [2.75, 3.05) is 0 Å². The predicted molar refractivity (Wildman–Crippen MR) is 157 cm³/mol. The Labute approximate surface area is 246 Å². The molecule has 0 radical (unpaired) electrons. The fraction of sp³-hybridized carbons (Fsp3) is 0.433. The number of carbonyl (C=O) groups excluding carboxylic acids is 5. The lowest BCUT2D eigenvalue weighted by molar-refractivity contribution is -0.135. The number of amides is 5. The van der Waals surface area contributed by atoms with Crippen molar-refractivity contribution in [3.05, 3.63) is 71.8 Å². The Kier molecular flexibility index (Phi) is 13.1. The molecule has 0 aliphatic carbocycles. The van der Waals surface area contributed by atoms with E-state index < -0.39 is 71.8 Å². The molecule has 2 aromatic rings. The zero-order valence-electron chi connectivity index (χ0n) is 24.4. The third-order valence-electron chi connectivity index (χ3n) is 6.68. The summed E-state index contributed by atoms with van der Waals surface area (Å²) in [4.78, 5) is 64.0. The van der Waals surface area contributed by atoms with Crippen molar-refractivity contribution in [2.45, 2.75) is 76.8 Å². The van der Waals surface area contributed by atoms with E-state index in [0.29, 0.717) is 0 Å². The van der Waals surface area contributed by atoms with Gasteiger partial charge in [0.15, 0.2) is 0 Å². The maximum absolute atomic E-state index is 13.4. The number of aliphatic hydroxyl groups is 1. The molecule has 0 unspecified atom stereocenters. The molecule has 228 valence electrons. The molecule has 6 atom stereocenters. The summed E-state index contributed by atoms with van der Waals surface area (Å²) in [6.07, 6.45) is -0.860. The SMILES string of the molecule is CC(C)[C@H](NC(=O)[C@H](Cc1ccccc1)NC(=O)[C@@H](N)[C@@H](C)O)C(=O)N[C@@H](C)C(=O)N[C@@H](Cc1ccccc1)C(N)=O. The molecule has 12 nitrogen and oxygen atoms in total. The fourth-order valence-corrected chi connectivity index (χ4v) is 4.07. The summed E-state index contributed by atoms with van der Waals surface area (Å²) in [5.74, 6) is -3.75.